The SMILES string of the molecule is CC1CN(Cc2ccc(CNC(=O)c3ccc4c(c3)NC(=O)CN4C)cc2)CC(C)O1. The van der Waals surface area contributed by atoms with Crippen LogP contribution < -0.4 is 15.5 Å². The molecule has 2 aromatic rings. The highest BCUT2D eigenvalue weighted by molar-refractivity contribution is 6.03. The third-order valence-corrected chi connectivity index (χ3v) is 5.70. The number of nitrogens with zero attached hydrogens (tertiary/aromatic N) is 2. The van der Waals surface area contributed by atoms with Crippen LogP contribution in [-0.4, -0.2) is 55.6 Å². The number of benzene rings is 2. The van der Waals surface area contributed by atoms with Gasteiger partial charge in [0.1, 0.15) is 0 Å². The number of carbonyl (C=O) groups is 2. The molecule has 2 aliphatic rings. The van der Waals surface area contributed by atoms with Gasteiger partial charge in [0.05, 0.1) is 30.1 Å². The topological polar surface area (TPSA) is 73.9 Å². The van der Waals surface area contributed by atoms with Crippen LogP contribution in [-0.2, 0) is 22.6 Å². The van der Waals surface area contributed by atoms with Gasteiger partial charge in [-0.3, -0.25) is 14.5 Å². The molecule has 164 valence electrons. The molecule has 0 saturated carbocycles. The van der Waals surface area contributed by atoms with Gasteiger partial charge >= 0.3 is 0 Å². The fourth-order valence-corrected chi connectivity index (χ4v) is 4.32. The van der Waals surface area contributed by atoms with E-state index in [1.54, 1.807) is 12.1 Å². The Balaban J connectivity index is 1.33. The first-order valence-corrected chi connectivity index (χ1v) is 10.8. The van der Waals surface area contributed by atoms with Crippen LogP contribution in [0.5, 0.6) is 0 Å². The molecule has 2 amide bonds. The zero-order valence-electron chi connectivity index (χ0n) is 18.4. The molecule has 0 aromatic heterocycles. The Morgan fingerprint density at radius 1 is 1.10 bits per heavy atom. The van der Waals surface area contributed by atoms with Gasteiger partial charge in [-0.2, -0.15) is 0 Å². The van der Waals surface area contributed by atoms with E-state index >= 15 is 0 Å². The first-order valence-electron chi connectivity index (χ1n) is 10.8. The summed E-state index contributed by atoms with van der Waals surface area (Å²) in [6, 6.07) is 13.7. The quantitative estimate of drug-likeness (QED) is 0.775. The van der Waals surface area contributed by atoms with E-state index in [9.17, 15) is 9.59 Å². The van der Waals surface area contributed by atoms with Crippen molar-refractivity contribution in [3.05, 3.63) is 59.2 Å². The van der Waals surface area contributed by atoms with Gasteiger partial charge in [0.25, 0.3) is 5.91 Å². The van der Waals surface area contributed by atoms with Gasteiger partial charge in [0.2, 0.25) is 5.91 Å². The predicted molar refractivity (Wildman–Crippen MR) is 121 cm³/mol. The lowest BCUT2D eigenvalue weighted by molar-refractivity contribution is -0.115. The smallest absolute Gasteiger partial charge is 0.251 e. The highest BCUT2D eigenvalue weighted by Gasteiger charge is 2.22. The minimum Gasteiger partial charge on any atom is -0.373 e. The standard InChI is InChI=1S/C24H30N4O3/c1-16-12-28(13-17(2)31-16)14-19-6-4-18(5-7-19)11-25-24(30)20-8-9-22-21(10-20)26-23(29)15-27(22)3/h4-10,16-17H,11-15H2,1-3H3,(H,25,30)(H,26,29). The summed E-state index contributed by atoms with van der Waals surface area (Å²) >= 11 is 0. The molecule has 0 aliphatic carbocycles. The number of rotatable bonds is 5. The minimum atomic E-state index is -0.161. The Morgan fingerprint density at radius 2 is 1.77 bits per heavy atom. The summed E-state index contributed by atoms with van der Waals surface area (Å²) < 4.78 is 5.80. The fraction of sp³-hybridized carbons (Fsp3) is 0.417. The monoisotopic (exact) mass is 422 g/mol. The van der Waals surface area contributed by atoms with Gasteiger partial charge in [-0.1, -0.05) is 24.3 Å². The number of nitrogens with one attached hydrogen (secondary N) is 2. The van der Waals surface area contributed by atoms with Crippen LogP contribution in [0.3, 0.4) is 0 Å². The molecule has 1 fully saturated rings. The van der Waals surface area contributed by atoms with Crippen molar-refractivity contribution in [2.75, 3.05) is 36.9 Å². The zero-order valence-corrected chi connectivity index (χ0v) is 18.4. The van der Waals surface area contributed by atoms with Crippen LogP contribution in [0, 0.1) is 0 Å². The molecule has 2 N–H and O–H groups in total. The number of amides is 2. The number of fused-ring (bicyclic) bond motifs is 1. The molecule has 2 atom stereocenters. The number of hydrogen-bond donors (Lipinski definition) is 2. The number of hydrogen-bond acceptors (Lipinski definition) is 5. The summed E-state index contributed by atoms with van der Waals surface area (Å²) in [6.07, 6.45) is 0.520. The molecule has 0 radical (unpaired) electrons. The second-order valence-electron chi connectivity index (χ2n) is 8.59. The Bertz CT molecular complexity index is 950. The summed E-state index contributed by atoms with van der Waals surface area (Å²) in [5.41, 5.74) is 4.41. The molecule has 1 saturated heterocycles. The van der Waals surface area contributed by atoms with Crippen molar-refractivity contribution in [2.24, 2.45) is 0 Å². The van der Waals surface area contributed by atoms with E-state index in [0.29, 0.717) is 24.3 Å². The molecule has 4 rings (SSSR count). The van der Waals surface area contributed by atoms with E-state index in [4.69, 9.17) is 4.74 Å². The van der Waals surface area contributed by atoms with E-state index < -0.39 is 0 Å². The summed E-state index contributed by atoms with van der Waals surface area (Å²) in [7, 11) is 1.86. The van der Waals surface area contributed by atoms with Crippen LogP contribution in [0.25, 0.3) is 0 Å². The molecular formula is C24H30N4O3. The maximum absolute atomic E-state index is 12.6. The van der Waals surface area contributed by atoms with Gasteiger partial charge in [-0.25, -0.2) is 0 Å². The van der Waals surface area contributed by atoms with Crippen molar-refractivity contribution in [1.82, 2.24) is 10.2 Å². The maximum Gasteiger partial charge on any atom is 0.251 e. The van der Waals surface area contributed by atoms with Crippen LogP contribution in [0.1, 0.15) is 35.3 Å². The fourth-order valence-electron chi connectivity index (χ4n) is 4.32. The summed E-state index contributed by atoms with van der Waals surface area (Å²) in [5.74, 6) is -0.237. The van der Waals surface area contributed by atoms with Crippen molar-refractivity contribution in [1.29, 1.82) is 0 Å². The first kappa shape index (κ1) is 21.3. The summed E-state index contributed by atoms with van der Waals surface area (Å²) in [5, 5.41) is 5.80. The summed E-state index contributed by atoms with van der Waals surface area (Å²) in [4.78, 5) is 28.6. The molecule has 2 aromatic carbocycles. The van der Waals surface area contributed by atoms with Crippen LogP contribution in [0.15, 0.2) is 42.5 Å². The van der Waals surface area contributed by atoms with Crippen molar-refractivity contribution in [2.45, 2.75) is 39.1 Å². The Hall–Kier alpha value is -2.90. The van der Waals surface area contributed by atoms with Crippen LogP contribution >= 0.6 is 0 Å². The van der Waals surface area contributed by atoms with Crippen LogP contribution in [0.2, 0.25) is 0 Å². The largest absolute Gasteiger partial charge is 0.373 e. The number of ether oxygens (including phenoxy) is 1. The number of morpholine rings is 1. The van der Waals surface area contributed by atoms with E-state index in [1.807, 2.05) is 18.0 Å². The third kappa shape index (κ3) is 5.24. The number of likely N-dealkylation sites (N-methyl/N-ethyl adjacent to an activating group) is 1. The molecular weight excluding hydrogens is 392 g/mol. The Kier molecular flexibility index (Phi) is 6.25. The van der Waals surface area contributed by atoms with Crippen molar-refractivity contribution in [3.63, 3.8) is 0 Å². The summed E-state index contributed by atoms with van der Waals surface area (Å²) in [6.45, 7) is 7.79. The zero-order chi connectivity index (χ0) is 22.0. The van der Waals surface area contributed by atoms with Gasteiger partial charge in [0, 0.05) is 38.8 Å². The van der Waals surface area contributed by atoms with E-state index in [2.05, 4.69) is 53.6 Å². The van der Waals surface area contributed by atoms with Crippen LogP contribution in [0.4, 0.5) is 11.4 Å². The van der Waals surface area contributed by atoms with E-state index in [1.165, 1.54) is 5.56 Å². The minimum absolute atomic E-state index is 0.0753. The number of anilines is 2. The highest BCUT2D eigenvalue weighted by atomic mass is 16.5. The molecule has 2 aliphatic heterocycles. The lowest BCUT2D eigenvalue weighted by Gasteiger charge is -2.35. The molecule has 7 heteroatoms. The Morgan fingerprint density at radius 3 is 2.48 bits per heavy atom. The Labute approximate surface area is 183 Å². The second-order valence-corrected chi connectivity index (χ2v) is 8.59. The van der Waals surface area contributed by atoms with Gasteiger partial charge in [0.15, 0.2) is 0 Å². The molecule has 0 bridgehead atoms. The molecule has 7 nitrogen and oxygen atoms in total. The van der Waals surface area contributed by atoms with Crippen molar-refractivity contribution in [3.8, 4) is 0 Å². The first-order chi connectivity index (χ1) is 14.9. The van der Waals surface area contributed by atoms with Gasteiger partial charge < -0.3 is 20.3 Å². The molecule has 31 heavy (non-hydrogen) atoms. The maximum atomic E-state index is 12.6. The molecule has 2 unspecified atom stereocenters. The van der Waals surface area contributed by atoms with Gasteiger partial charge in [-0.05, 0) is 43.2 Å². The van der Waals surface area contributed by atoms with Gasteiger partial charge in [-0.15, -0.1) is 0 Å². The number of carbonyl (C=O) groups excluding carboxylic acids is 2. The lowest BCUT2D eigenvalue weighted by Crippen LogP contribution is -2.44. The van der Waals surface area contributed by atoms with E-state index in [0.717, 1.165) is 30.9 Å². The predicted octanol–water partition coefficient (Wildman–Crippen LogP) is 2.61. The normalized spacial score (nSPS) is 21.4. The lowest BCUT2D eigenvalue weighted by atomic mass is 10.1. The van der Waals surface area contributed by atoms with Crippen molar-refractivity contribution >= 4 is 23.2 Å². The third-order valence-electron chi connectivity index (χ3n) is 5.70. The second kappa shape index (κ2) is 9.08. The van der Waals surface area contributed by atoms with Crippen molar-refractivity contribution < 1.29 is 14.3 Å². The molecule has 2 heterocycles. The molecule has 0 spiro atoms. The van der Waals surface area contributed by atoms with E-state index in [-0.39, 0.29) is 24.0 Å². The highest BCUT2D eigenvalue weighted by Crippen LogP contribution is 2.29. The average molecular weight is 423 g/mol. The average Bonchev–Trinajstić information content (AvgIpc) is 2.71.